The topological polar surface area (TPSA) is 135 Å². The second-order valence-corrected chi connectivity index (χ2v) is 6.71. The van der Waals surface area contributed by atoms with Gasteiger partial charge in [0, 0.05) is 12.3 Å². The Bertz CT molecular complexity index is 901. The van der Waals surface area contributed by atoms with Crippen LogP contribution in [0.25, 0.3) is 10.8 Å². The third-order valence-electron chi connectivity index (χ3n) is 4.77. The minimum Gasteiger partial charge on any atom is -0.465 e. The molecule has 0 saturated carbocycles. The molecule has 0 spiro atoms. The van der Waals surface area contributed by atoms with E-state index in [-0.39, 0.29) is 11.3 Å². The fourth-order valence-corrected chi connectivity index (χ4v) is 3.33. The fourth-order valence-electron chi connectivity index (χ4n) is 3.33. The van der Waals surface area contributed by atoms with Crippen LogP contribution in [-0.2, 0) is 14.3 Å². The predicted molar refractivity (Wildman–Crippen MR) is 101 cm³/mol. The highest BCUT2D eigenvalue weighted by molar-refractivity contribution is 6.01. The van der Waals surface area contributed by atoms with Crippen molar-refractivity contribution in [1.82, 2.24) is 5.32 Å². The second kappa shape index (κ2) is 8.75. The van der Waals surface area contributed by atoms with Crippen molar-refractivity contribution in [1.29, 1.82) is 0 Å². The van der Waals surface area contributed by atoms with E-state index in [1.54, 1.807) is 18.2 Å². The number of carbonyl (C=O) groups excluding carboxylic acids is 2. The summed E-state index contributed by atoms with van der Waals surface area (Å²) in [4.78, 5) is 23.9. The molecular weight excluding hydrogens is 382 g/mol. The lowest BCUT2D eigenvalue weighted by molar-refractivity contribution is -0.244. The standard InChI is InChI=1S/C20H23NO8/c1-10(23)21-15-17(25)16(24)14(9-22)28-20(15)29-18-12-6-4-3-5-11(12)7-8-13(18)19(26)27-2/h3-8,14-17,20,22,24-25H,9H2,1-2H3,(H,21,23)/t14-,15+,16+,17+,20+/m1/s1. The Balaban J connectivity index is 2.06. The molecule has 3 rings (SSSR count). The van der Waals surface area contributed by atoms with Crippen LogP contribution in [0.4, 0.5) is 0 Å². The normalized spacial score (nSPS) is 26.7. The largest absolute Gasteiger partial charge is 0.465 e. The van der Waals surface area contributed by atoms with Gasteiger partial charge in [-0.15, -0.1) is 0 Å². The molecule has 4 N–H and O–H groups in total. The van der Waals surface area contributed by atoms with Gasteiger partial charge in [-0.25, -0.2) is 4.79 Å². The number of hydrogen-bond acceptors (Lipinski definition) is 8. The van der Waals surface area contributed by atoms with E-state index < -0.39 is 49.1 Å². The Morgan fingerprint density at radius 2 is 1.86 bits per heavy atom. The van der Waals surface area contributed by atoms with E-state index in [1.807, 2.05) is 12.1 Å². The molecule has 2 aromatic rings. The van der Waals surface area contributed by atoms with Gasteiger partial charge < -0.3 is 34.8 Å². The van der Waals surface area contributed by atoms with Gasteiger partial charge in [0.25, 0.3) is 0 Å². The van der Waals surface area contributed by atoms with E-state index >= 15 is 0 Å². The van der Waals surface area contributed by atoms with Crippen molar-refractivity contribution in [3.05, 3.63) is 42.0 Å². The van der Waals surface area contributed by atoms with Gasteiger partial charge in [0.05, 0.1) is 13.7 Å². The summed E-state index contributed by atoms with van der Waals surface area (Å²) in [5, 5.41) is 33.9. The smallest absolute Gasteiger partial charge is 0.341 e. The molecule has 0 aliphatic carbocycles. The van der Waals surface area contributed by atoms with Crippen molar-refractivity contribution in [3.8, 4) is 5.75 Å². The summed E-state index contributed by atoms with van der Waals surface area (Å²) in [5.41, 5.74) is 0.123. The number of methoxy groups -OCH3 is 1. The number of ether oxygens (including phenoxy) is 3. The molecule has 1 aliphatic heterocycles. The first kappa shape index (κ1) is 21.0. The summed E-state index contributed by atoms with van der Waals surface area (Å²) < 4.78 is 16.4. The third kappa shape index (κ3) is 4.18. The van der Waals surface area contributed by atoms with E-state index in [4.69, 9.17) is 14.2 Å². The number of fused-ring (bicyclic) bond motifs is 1. The van der Waals surface area contributed by atoms with Crippen LogP contribution < -0.4 is 10.1 Å². The van der Waals surface area contributed by atoms with E-state index in [1.165, 1.54) is 20.1 Å². The summed E-state index contributed by atoms with van der Waals surface area (Å²) in [5.74, 6) is -0.987. The first-order chi connectivity index (χ1) is 13.9. The zero-order chi connectivity index (χ0) is 21.1. The summed E-state index contributed by atoms with van der Waals surface area (Å²) in [6.07, 6.45) is -5.34. The van der Waals surface area contributed by atoms with Crippen molar-refractivity contribution in [2.24, 2.45) is 0 Å². The third-order valence-corrected chi connectivity index (χ3v) is 4.77. The monoisotopic (exact) mass is 405 g/mol. The number of rotatable bonds is 5. The van der Waals surface area contributed by atoms with Crippen LogP contribution in [0.15, 0.2) is 36.4 Å². The number of benzene rings is 2. The molecule has 2 aromatic carbocycles. The average molecular weight is 405 g/mol. The van der Waals surface area contributed by atoms with Crippen LogP contribution in [-0.4, -0.2) is 71.6 Å². The SMILES string of the molecule is COC(=O)c1ccc2ccccc2c1O[C@@H]1O[C@H](CO)[C@H](O)[C@@H](O)[C@@H]1NC(C)=O. The van der Waals surface area contributed by atoms with E-state index in [0.29, 0.717) is 5.39 Å². The van der Waals surface area contributed by atoms with E-state index in [9.17, 15) is 24.9 Å². The molecule has 1 amide bonds. The van der Waals surface area contributed by atoms with Gasteiger partial charge in [0.1, 0.15) is 35.7 Å². The Kier molecular flexibility index (Phi) is 6.33. The van der Waals surface area contributed by atoms with E-state index in [2.05, 4.69) is 5.32 Å². The Labute approximate surface area is 166 Å². The number of carbonyl (C=O) groups is 2. The maximum Gasteiger partial charge on any atom is 0.341 e. The lowest BCUT2D eigenvalue weighted by Gasteiger charge is -2.42. The first-order valence-corrected chi connectivity index (χ1v) is 9.03. The quantitative estimate of drug-likeness (QED) is 0.509. The maximum absolute atomic E-state index is 12.3. The number of nitrogens with one attached hydrogen (secondary N) is 1. The number of esters is 1. The lowest BCUT2D eigenvalue weighted by atomic mass is 9.96. The molecule has 1 aliphatic rings. The first-order valence-electron chi connectivity index (χ1n) is 9.03. The summed E-state index contributed by atoms with van der Waals surface area (Å²) >= 11 is 0. The van der Waals surface area contributed by atoms with Crippen molar-refractivity contribution in [2.75, 3.05) is 13.7 Å². The molecule has 1 saturated heterocycles. The van der Waals surface area contributed by atoms with Crippen LogP contribution in [0, 0.1) is 0 Å². The summed E-state index contributed by atoms with van der Waals surface area (Å²) in [6, 6.07) is 9.27. The van der Waals surface area contributed by atoms with Gasteiger partial charge in [0.15, 0.2) is 0 Å². The van der Waals surface area contributed by atoms with Crippen LogP contribution in [0.1, 0.15) is 17.3 Å². The molecule has 5 atom stereocenters. The Hall–Kier alpha value is -2.72. The number of aliphatic hydroxyl groups excluding tert-OH is 3. The molecule has 29 heavy (non-hydrogen) atoms. The molecule has 0 radical (unpaired) electrons. The lowest BCUT2D eigenvalue weighted by Crippen LogP contribution is -2.65. The van der Waals surface area contributed by atoms with Gasteiger partial charge in [-0.3, -0.25) is 4.79 Å². The van der Waals surface area contributed by atoms with Crippen LogP contribution in [0.3, 0.4) is 0 Å². The van der Waals surface area contributed by atoms with Crippen molar-refractivity contribution in [2.45, 2.75) is 37.6 Å². The van der Waals surface area contributed by atoms with Crippen molar-refractivity contribution < 1.29 is 39.1 Å². The fraction of sp³-hybridized carbons (Fsp3) is 0.400. The highest BCUT2D eigenvalue weighted by Crippen LogP contribution is 2.33. The molecule has 1 heterocycles. The zero-order valence-corrected chi connectivity index (χ0v) is 15.9. The number of aliphatic hydroxyl groups is 3. The Morgan fingerprint density at radius 1 is 1.14 bits per heavy atom. The van der Waals surface area contributed by atoms with E-state index in [0.717, 1.165) is 5.39 Å². The van der Waals surface area contributed by atoms with Gasteiger partial charge >= 0.3 is 5.97 Å². The molecule has 0 bridgehead atoms. The van der Waals surface area contributed by atoms with Crippen LogP contribution >= 0.6 is 0 Å². The molecule has 0 unspecified atom stereocenters. The maximum atomic E-state index is 12.3. The average Bonchev–Trinajstić information content (AvgIpc) is 2.72. The second-order valence-electron chi connectivity index (χ2n) is 6.71. The van der Waals surface area contributed by atoms with Crippen LogP contribution in [0.2, 0.25) is 0 Å². The van der Waals surface area contributed by atoms with Crippen molar-refractivity contribution in [3.63, 3.8) is 0 Å². The number of hydrogen-bond donors (Lipinski definition) is 4. The molecule has 0 aromatic heterocycles. The van der Waals surface area contributed by atoms with Gasteiger partial charge in [-0.2, -0.15) is 0 Å². The van der Waals surface area contributed by atoms with Gasteiger partial charge in [-0.05, 0) is 11.5 Å². The molecular formula is C20H23NO8. The summed E-state index contributed by atoms with van der Waals surface area (Å²) in [7, 11) is 1.24. The minimum atomic E-state index is -1.47. The molecule has 9 heteroatoms. The number of amides is 1. The minimum absolute atomic E-state index is 0.123. The molecule has 9 nitrogen and oxygen atoms in total. The Morgan fingerprint density at radius 3 is 2.52 bits per heavy atom. The highest BCUT2D eigenvalue weighted by atomic mass is 16.7. The van der Waals surface area contributed by atoms with Gasteiger partial charge in [-0.1, -0.05) is 30.3 Å². The van der Waals surface area contributed by atoms with Crippen molar-refractivity contribution >= 4 is 22.6 Å². The highest BCUT2D eigenvalue weighted by Gasteiger charge is 2.46. The summed E-state index contributed by atoms with van der Waals surface area (Å²) in [6.45, 7) is 0.663. The zero-order valence-electron chi connectivity index (χ0n) is 15.9. The molecule has 156 valence electrons. The van der Waals surface area contributed by atoms with Gasteiger partial charge in [0.2, 0.25) is 12.2 Å². The molecule has 1 fully saturated rings. The predicted octanol–water partition coefficient (Wildman–Crippen LogP) is -0.0511. The van der Waals surface area contributed by atoms with Crippen LogP contribution in [0.5, 0.6) is 5.75 Å².